The molecule has 0 heterocycles. The first kappa shape index (κ1) is 19.3. The Hall–Kier alpha value is -3.02. The van der Waals surface area contributed by atoms with E-state index in [1.54, 1.807) is 32.4 Å². The maximum atomic E-state index is 12.3. The third kappa shape index (κ3) is 5.81. The number of carboxylic acids is 1. The zero-order valence-corrected chi connectivity index (χ0v) is 14.9. The van der Waals surface area contributed by atoms with E-state index in [9.17, 15) is 9.59 Å². The van der Waals surface area contributed by atoms with Gasteiger partial charge in [-0.25, -0.2) is 0 Å². The van der Waals surface area contributed by atoms with Crippen molar-refractivity contribution in [1.29, 1.82) is 0 Å². The molecule has 0 aliphatic heterocycles. The molecule has 0 fully saturated rings. The van der Waals surface area contributed by atoms with Gasteiger partial charge in [-0.3, -0.25) is 9.59 Å². The third-order valence-electron chi connectivity index (χ3n) is 3.97. The van der Waals surface area contributed by atoms with Crippen molar-refractivity contribution in [3.05, 3.63) is 59.7 Å². The number of nitrogens with one attached hydrogen (secondary N) is 1. The number of amides is 1. The van der Waals surface area contributed by atoms with Crippen LogP contribution >= 0.6 is 0 Å². The molecule has 2 aromatic rings. The maximum absolute atomic E-state index is 12.3. The highest BCUT2D eigenvalue weighted by Gasteiger charge is 2.18. The number of rotatable bonds is 9. The molecular formula is C20H23NO5. The number of ether oxygens (including phenoxy) is 2. The van der Waals surface area contributed by atoms with Crippen LogP contribution in [0.5, 0.6) is 11.5 Å². The number of aliphatic carboxylic acids is 1. The Morgan fingerprint density at radius 1 is 1.04 bits per heavy atom. The molecule has 6 nitrogen and oxygen atoms in total. The fourth-order valence-corrected chi connectivity index (χ4v) is 2.65. The Bertz CT molecular complexity index is 723. The molecule has 2 aromatic carbocycles. The number of aryl methyl sites for hydroxylation is 1. The number of methoxy groups -OCH3 is 2. The van der Waals surface area contributed by atoms with Crippen molar-refractivity contribution in [2.75, 3.05) is 14.2 Å². The van der Waals surface area contributed by atoms with E-state index in [1.807, 2.05) is 30.3 Å². The first-order chi connectivity index (χ1) is 12.5. The summed E-state index contributed by atoms with van der Waals surface area (Å²) >= 11 is 0. The van der Waals surface area contributed by atoms with Gasteiger partial charge in [0.2, 0.25) is 5.91 Å². The predicted molar refractivity (Wildman–Crippen MR) is 97.4 cm³/mol. The van der Waals surface area contributed by atoms with Gasteiger partial charge in [0.25, 0.3) is 0 Å². The molecule has 0 aliphatic rings. The van der Waals surface area contributed by atoms with Crippen LogP contribution in [0.15, 0.2) is 48.5 Å². The normalized spacial score (nSPS) is 11.5. The van der Waals surface area contributed by atoms with Crippen molar-refractivity contribution in [3.8, 4) is 11.5 Å². The van der Waals surface area contributed by atoms with Crippen LogP contribution in [0, 0.1) is 0 Å². The van der Waals surface area contributed by atoms with E-state index in [-0.39, 0.29) is 18.7 Å². The van der Waals surface area contributed by atoms with Crippen LogP contribution in [0.2, 0.25) is 0 Å². The first-order valence-corrected chi connectivity index (χ1v) is 8.30. The van der Waals surface area contributed by atoms with Gasteiger partial charge in [0.15, 0.2) is 0 Å². The summed E-state index contributed by atoms with van der Waals surface area (Å²) in [5.74, 6) is 0.152. The number of carboxylic acid groups (broad SMARTS) is 1. The second-order valence-corrected chi connectivity index (χ2v) is 5.85. The van der Waals surface area contributed by atoms with Crippen LogP contribution < -0.4 is 14.8 Å². The monoisotopic (exact) mass is 357 g/mol. The summed E-state index contributed by atoms with van der Waals surface area (Å²) in [7, 11) is 3.14. The smallest absolute Gasteiger partial charge is 0.305 e. The lowest BCUT2D eigenvalue weighted by molar-refractivity contribution is -0.137. The van der Waals surface area contributed by atoms with E-state index in [2.05, 4.69) is 5.32 Å². The van der Waals surface area contributed by atoms with Crippen molar-refractivity contribution in [1.82, 2.24) is 5.32 Å². The summed E-state index contributed by atoms with van der Waals surface area (Å²) < 4.78 is 10.4. The van der Waals surface area contributed by atoms with Gasteiger partial charge < -0.3 is 19.9 Å². The van der Waals surface area contributed by atoms with Crippen LogP contribution in [-0.2, 0) is 16.0 Å². The molecule has 2 rings (SSSR count). The third-order valence-corrected chi connectivity index (χ3v) is 3.97. The highest BCUT2D eigenvalue weighted by atomic mass is 16.5. The summed E-state index contributed by atoms with van der Waals surface area (Å²) in [5, 5.41) is 11.9. The highest BCUT2D eigenvalue weighted by molar-refractivity contribution is 5.78. The van der Waals surface area contributed by atoms with Gasteiger partial charge >= 0.3 is 5.97 Å². The molecule has 0 aliphatic carbocycles. The molecule has 0 aromatic heterocycles. The minimum absolute atomic E-state index is 0.164. The van der Waals surface area contributed by atoms with Gasteiger partial charge in [0.1, 0.15) is 11.5 Å². The Morgan fingerprint density at radius 3 is 2.19 bits per heavy atom. The van der Waals surface area contributed by atoms with Crippen LogP contribution in [-0.4, -0.2) is 31.2 Å². The fourth-order valence-electron chi connectivity index (χ4n) is 2.65. The van der Waals surface area contributed by atoms with E-state index < -0.39 is 12.0 Å². The summed E-state index contributed by atoms with van der Waals surface area (Å²) in [6, 6.07) is 14.0. The molecule has 2 N–H and O–H groups in total. The minimum atomic E-state index is -0.961. The standard InChI is InChI=1S/C20H23NO5/c1-25-16-10-14(11-17(12-16)26-2)8-9-19(22)21-18(13-20(23)24)15-6-4-3-5-7-15/h3-7,10-12,18H,8-9,13H2,1-2H3,(H,21,22)(H,23,24). The average molecular weight is 357 g/mol. The van der Waals surface area contributed by atoms with E-state index >= 15 is 0 Å². The summed E-state index contributed by atoms with van der Waals surface area (Å²) in [5.41, 5.74) is 1.68. The SMILES string of the molecule is COc1cc(CCC(=O)NC(CC(=O)O)c2ccccc2)cc(OC)c1. The Labute approximate surface area is 152 Å². The topological polar surface area (TPSA) is 84.9 Å². The molecule has 0 bridgehead atoms. The summed E-state index contributed by atoms with van der Waals surface area (Å²) in [6.45, 7) is 0. The molecule has 1 atom stereocenters. The van der Waals surface area contributed by atoms with Crippen LogP contribution in [0.4, 0.5) is 0 Å². The maximum Gasteiger partial charge on any atom is 0.305 e. The lowest BCUT2D eigenvalue weighted by Gasteiger charge is -2.17. The average Bonchev–Trinajstić information content (AvgIpc) is 2.65. The highest BCUT2D eigenvalue weighted by Crippen LogP contribution is 2.23. The second-order valence-electron chi connectivity index (χ2n) is 5.85. The lowest BCUT2D eigenvalue weighted by atomic mass is 10.0. The molecule has 6 heteroatoms. The van der Waals surface area contributed by atoms with Crippen molar-refractivity contribution in [2.24, 2.45) is 0 Å². The molecule has 0 saturated heterocycles. The van der Waals surface area contributed by atoms with Gasteiger partial charge in [-0.15, -0.1) is 0 Å². The zero-order chi connectivity index (χ0) is 18.9. The number of carbonyl (C=O) groups is 2. The lowest BCUT2D eigenvalue weighted by Crippen LogP contribution is -2.30. The molecular weight excluding hydrogens is 334 g/mol. The number of hydrogen-bond acceptors (Lipinski definition) is 4. The molecule has 1 amide bonds. The van der Waals surface area contributed by atoms with E-state index in [0.717, 1.165) is 11.1 Å². The Kier molecular flexibility index (Phi) is 7.02. The quantitative estimate of drug-likeness (QED) is 0.721. The van der Waals surface area contributed by atoms with Crippen molar-refractivity contribution in [3.63, 3.8) is 0 Å². The van der Waals surface area contributed by atoms with Gasteiger partial charge in [-0.2, -0.15) is 0 Å². The largest absolute Gasteiger partial charge is 0.497 e. The van der Waals surface area contributed by atoms with Crippen LogP contribution in [0.3, 0.4) is 0 Å². The molecule has 26 heavy (non-hydrogen) atoms. The Morgan fingerprint density at radius 2 is 1.65 bits per heavy atom. The first-order valence-electron chi connectivity index (χ1n) is 8.30. The van der Waals surface area contributed by atoms with Crippen LogP contribution in [0.1, 0.15) is 30.0 Å². The molecule has 0 saturated carbocycles. The molecule has 1 unspecified atom stereocenters. The summed E-state index contributed by atoms with van der Waals surface area (Å²) in [6.07, 6.45) is 0.565. The number of benzene rings is 2. The fraction of sp³-hybridized carbons (Fsp3) is 0.300. The second kappa shape index (κ2) is 9.46. The van der Waals surface area contributed by atoms with Crippen molar-refractivity contribution >= 4 is 11.9 Å². The van der Waals surface area contributed by atoms with Crippen molar-refractivity contribution < 1.29 is 24.2 Å². The van der Waals surface area contributed by atoms with Gasteiger partial charge in [-0.1, -0.05) is 30.3 Å². The van der Waals surface area contributed by atoms with Gasteiger partial charge in [0, 0.05) is 12.5 Å². The predicted octanol–water partition coefficient (Wildman–Crippen LogP) is 2.97. The number of hydrogen-bond donors (Lipinski definition) is 2. The van der Waals surface area contributed by atoms with E-state index in [0.29, 0.717) is 17.9 Å². The summed E-state index contributed by atoms with van der Waals surface area (Å²) in [4.78, 5) is 23.4. The van der Waals surface area contributed by atoms with Gasteiger partial charge in [-0.05, 0) is 29.7 Å². The molecule has 0 radical (unpaired) electrons. The number of carbonyl (C=O) groups excluding carboxylic acids is 1. The van der Waals surface area contributed by atoms with Crippen molar-refractivity contribution in [2.45, 2.75) is 25.3 Å². The molecule has 138 valence electrons. The zero-order valence-electron chi connectivity index (χ0n) is 14.9. The Balaban J connectivity index is 2.01. The van der Waals surface area contributed by atoms with E-state index in [4.69, 9.17) is 14.6 Å². The molecule has 0 spiro atoms. The van der Waals surface area contributed by atoms with Gasteiger partial charge in [0.05, 0.1) is 26.7 Å². The van der Waals surface area contributed by atoms with Crippen LogP contribution in [0.25, 0.3) is 0 Å². The van der Waals surface area contributed by atoms with E-state index in [1.165, 1.54) is 0 Å². The minimum Gasteiger partial charge on any atom is -0.497 e.